The Morgan fingerprint density at radius 1 is 1.02 bits per heavy atom. The summed E-state index contributed by atoms with van der Waals surface area (Å²) in [5.41, 5.74) is 0.510. The highest BCUT2D eigenvalue weighted by atomic mass is 19.4. The van der Waals surface area contributed by atoms with Crippen LogP contribution in [-0.4, -0.2) is 40.4 Å². The fourth-order valence-corrected chi connectivity index (χ4v) is 4.38. The van der Waals surface area contributed by atoms with E-state index in [1.54, 1.807) is 40.7 Å². The van der Waals surface area contributed by atoms with Gasteiger partial charge in [-0.25, -0.2) is 19.0 Å². The summed E-state index contributed by atoms with van der Waals surface area (Å²) in [5.74, 6) is -0.420. The van der Waals surface area contributed by atoms with E-state index in [9.17, 15) is 27.2 Å². The van der Waals surface area contributed by atoms with Gasteiger partial charge in [0.1, 0.15) is 17.2 Å². The number of carbonyl (C=O) groups is 2. The van der Waals surface area contributed by atoms with Crippen LogP contribution < -0.4 is 16.0 Å². The van der Waals surface area contributed by atoms with Gasteiger partial charge in [-0.2, -0.15) is 13.2 Å². The van der Waals surface area contributed by atoms with Gasteiger partial charge < -0.3 is 15.4 Å². The number of nitrogens with one attached hydrogen (secondary N) is 3. The Bertz CT molecular complexity index is 1460. The largest absolute Gasteiger partial charge is 0.444 e. The minimum absolute atomic E-state index is 0.0476. The second-order valence-corrected chi connectivity index (χ2v) is 11.1. The first-order valence-electron chi connectivity index (χ1n) is 12.8. The first-order chi connectivity index (χ1) is 18.6. The number of halogens is 4. The zero-order chi connectivity index (χ0) is 29.5. The number of aromatic nitrogens is 2. The smallest absolute Gasteiger partial charge is 0.413 e. The van der Waals surface area contributed by atoms with Crippen LogP contribution in [-0.2, 0) is 4.74 Å². The third kappa shape index (κ3) is 6.60. The van der Waals surface area contributed by atoms with Gasteiger partial charge in [0.25, 0.3) is 0 Å². The summed E-state index contributed by atoms with van der Waals surface area (Å²) < 4.78 is 59.3. The van der Waals surface area contributed by atoms with Crippen molar-refractivity contribution in [3.63, 3.8) is 0 Å². The van der Waals surface area contributed by atoms with Gasteiger partial charge in [-0.1, -0.05) is 0 Å². The van der Waals surface area contributed by atoms with Crippen molar-refractivity contribution in [1.82, 2.24) is 15.3 Å². The monoisotopic (exact) mass is 561 g/mol. The maximum atomic E-state index is 14.7. The van der Waals surface area contributed by atoms with E-state index in [1.165, 1.54) is 18.3 Å². The van der Waals surface area contributed by atoms with Gasteiger partial charge in [-0.3, -0.25) is 10.3 Å². The third-order valence-corrected chi connectivity index (χ3v) is 6.72. The van der Waals surface area contributed by atoms with E-state index in [0.29, 0.717) is 33.3 Å². The molecule has 1 saturated carbocycles. The van der Waals surface area contributed by atoms with E-state index in [0.717, 1.165) is 0 Å². The second-order valence-electron chi connectivity index (χ2n) is 11.1. The maximum absolute atomic E-state index is 14.7. The summed E-state index contributed by atoms with van der Waals surface area (Å²) in [6.45, 7) is 8.55. The highest BCUT2D eigenvalue weighted by Crippen LogP contribution is 2.59. The number of urea groups is 1. The lowest BCUT2D eigenvalue weighted by atomic mass is 9.97. The van der Waals surface area contributed by atoms with Crippen molar-refractivity contribution in [3.05, 3.63) is 47.5 Å². The standard InChI is InChI=1S/C28H31F4N5O3/c1-15-10-20(29)22(36-24(38)33-9-8-27(6-7-27)28(30,31)32)12-18(15)19-11-17-14-34-23(13-21(17)35-16(19)2)37-25(39)40-26(3,4)5/h10-14H,6-9H2,1-5H3,(H2,33,36,38)(H,34,37,39). The molecule has 3 amide bonds. The Kier molecular flexibility index (Phi) is 7.66. The van der Waals surface area contributed by atoms with Gasteiger partial charge in [0.2, 0.25) is 0 Å². The van der Waals surface area contributed by atoms with Gasteiger partial charge >= 0.3 is 18.3 Å². The third-order valence-electron chi connectivity index (χ3n) is 6.72. The second kappa shape index (κ2) is 10.5. The zero-order valence-corrected chi connectivity index (χ0v) is 22.8. The molecule has 4 rings (SSSR count). The van der Waals surface area contributed by atoms with Gasteiger partial charge in [0.15, 0.2) is 0 Å². The number of hydrogen-bond donors (Lipinski definition) is 3. The molecule has 40 heavy (non-hydrogen) atoms. The van der Waals surface area contributed by atoms with Crippen molar-refractivity contribution in [1.29, 1.82) is 0 Å². The van der Waals surface area contributed by atoms with Crippen molar-refractivity contribution in [2.24, 2.45) is 5.41 Å². The molecule has 1 aromatic carbocycles. The quantitative estimate of drug-likeness (QED) is 0.275. The molecule has 0 aliphatic heterocycles. The Hall–Kier alpha value is -3.96. The molecule has 3 N–H and O–H groups in total. The number of rotatable bonds is 6. The molecule has 2 heterocycles. The van der Waals surface area contributed by atoms with Gasteiger partial charge in [-0.05, 0) is 83.2 Å². The van der Waals surface area contributed by atoms with Crippen LogP contribution in [0.5, 0.6) is 0 Å². The number of anilines is 2. The number of ether oxygens (including phenoxy) is 1. The van der Waals surface area contributed by atoms with Crippen LogP contribution >= 0.6 is 0 Å². The molecule has 0 saturated heterocycles. The summed E-state index contributed by atoms with van der Waals surface area (Å²) >= 11 is 0. The molecule has 1 aliphatic rings. The number of pyridine rings is 2. The molecule has 214 valence electrons. The summed E-state index contributed by atoms with van der Waals surface area (Å²) in [6, 6.07) is 5.36. The fraction of sp³-hybridized carbons (Fsp3) is 0.429. The highest BCUT2D eigenvalue weighted by Gasteiger charge is 2.62. The number of carbonyl (C=O) groups excluding carboxylic acids is 2. The molecular weight excluding hydrogens is 530 g/mol. The highest BCUT2D eigenvalue weighted by molar-refractivity contribution is 5.92. The van der Waals surface area contributed by atoms with Gasteiger partial charge in [-0.15, -0.1) is 0 Å². The average Bonchev–Trinajstić information content (AvgIpc) is 3.61. The first kappa shape index (κ1) is 29.0. The number of alkyl halides is 3. The maximum Gasteiger partial charge on any atom is 0.413 e. The fourth-order valence-electron chi connectivity index (χ4n) is 4.38. The van der Waals surface area contributed by atoms with E-state index in [1.807, 2.05) is 6.07 Å². The van der Waals surface area contributed by atoms with Crippen LogP contribution in [0.1, 0.15) is 51.3 Å². The minimum Gasteiger partial charge on any atom is -0.444 e. The SMILES string of the molecule is Cc1cc(F)c(NC(=O)NCCC2(C(F)(F)F)CC2)cc1-c1cc2cnc(NC(=O)OC(C)(C)C)cc2nc1C. The molecule has 0 radical (unpaired) electrons. The van der Waals surface area contributed by atoms with Crippen LogP contribution in [0.15, 0.2) is 30.5 Å². The van der Waals surface area contributed by atoms with Crippen molar-refractivity contribution >= 4 is 34.5 Å². The van der Waals surface area contributed by atoms with Crippen LogP contribution in [0.25, 0.3) is 22.0 Å². The van der Waals surface area contributed by atoms with E-state index in [-0.39, 0.29) is 37.3 Å². The van der Waals surface area contributed by atoms with Crippen LogP contribution in [0.3, 0.4) is 0 Å². The van der Waals surface area contributed by atoms with E-state index < -0.39 is 35.1 Å². The van der Waals surface area contributed by atoms with E-state index in [4.69, 9.17) is 4.74 Å². The number of fused-ring (bicyclic) bond motifs is 1. The number of benzene rings is 1. The Labute approximate surface area is 228 Å². The normalized spacial score (nSPS) is 14.5. The van der Waals surface area contributed by atoms with E-state index >= 15 is 0 Å². The summed E-state index contributed by atoms with van der Waals surface area (Å²) in [7, 11) is 0. The molecule has 2 aromatic heterocycles. The van der Waals surface area contributed by atoms with Gasteiger partial charge in [0.05, 0.1) is 16.6 Å². The number of aryl methyl sites for hydroxylation is 2. The summed E-state index contributed by atoms with van der Waals surface area (Å²) in [6.07, 6.45) is -3.54. The molecule has 3 aromatic rings. The summed E-state index contributed by atoms with van der Waals surface area (Å²) in [4.78, 5) is 33.3. The predicted octanol–water partition coefficient (Wildman–Crippen LogP) is 7.25. The zero-order valence-electron chi connectivity index (χ0n) is 22.8. The molecule has 8 nitrogen and oxygen atoms in total. The molecule has 0 unspecified atom stereocenters. The van der Waals surface area contributed by atoms with Crippen molar-refractivity contribution in [3.8, 4) is 11.1 Å². The first-order valence-corrected chi connectivity index (χ1v) is 12.8. The Balaban J connectivity index is 1.51. The molecule has 0 bridgehead atoms. The van der Waals surface area contributed by atoms with Crippen LogP contribution in [0, 0.1) is 25.1 Å². The van der Waals surface area contributed by atoms with Crippen molar-refractivity contribution in [2.75, 3.05) is 17.2 Å². The predicted molar refractivity (Wildman–Crippen MR) is 144 cm³/mol. The minimum atomic E-state index is -4.30. The van der Waals surface area contributed by atoms with Crippen LogP contribution in [0.2, 0.25) is 0 Å². The topological polar surface area (TPSA) is 105 Å². The van der Waals surface area contributed by atoms with E-state index in [2.05, 4.69) is 25.9 Å². The Morgan fingerprint density at radius 2 is 1.73 bits per heavy atom. The van der Waals surface area contributed by atoms with Crippen molar-refractivity contribution < 1.29 is 31.9 Å². The number of amides is 3. The lowest BCUT2D eigenvalue weighted by Crippen LogP contribution is -2.34. The Morgan fingerprint density at radius 3 is 2.35 bits per heavy atom. The lowest BCUT2D eigenvalue weighted by molar-refractivity contribution is -0.188. The number of nitrogens with zero attached hydrogens (tertiary/aromatic N) is 2. The van der Waals surface area contributed by atoms with Crippen molar-refractivity contribution in [2.45, 2.75) is 65.7 Å². The molecular formula is C28H31F4N5O3. The average molecular weight is 562 g/mol. The van der Waals surface area contributed by atoms with Gasteiger partial charge in [0, 0.05) is 35.5 Å². The summed E-state index contributed by atoms with van der Waals surface area (Å²) in [5, 5.41) is 8.02. The van der Waals surface area contributed by atoms with Crippen LogP contribution in [0.4, 0.5) is 38.7 Å². The molecule has 0 atom stereocenters. The molecule has 1 aliphatic carbocycles. The molecule has 1 fully saturated rings. The number of hydrogen-bond acceptors (Lipinski definition) is 5. The molecule has 12 heteroatoms. The molecule has 0 spiro atoms. The lowest BCUT2D eigenvalue weighted by Gasteiger charge is -2.19.